The van der Waals surface area contributed by atoms with E-state index in [-0.39, 0.29) is 11.9 Å². The number of anilines is 1. The second-order valence-corrected chi connectivity index (χ2v) is 3.60. The largest absolute Gasteiger partial charge is 0.309 e. The summed E-state index contributed by atoms with van der Waals surface area (Å²) in [5.74, 6) is 0.592. The Morgan fingerprint density at radius 3 is 2.62 bits per heavy atom. The molecule has 0 aliphatic carbocycles. The van der Waals surface area contributed by atoms with Gasteiger partial charge in [-0.3, -0.25) is 9.69 Å². The van der Waals surface area contributed by atoms with Gasteiger partial charge in [0.15, 0.2) is 0 Å². The van der Waals surface area contributed by atoms with Crippen molar-refractivity contribution in [1.29, 1.82) is 0 Å². The third-order valence-electron chi connectivity index (χ3n) is 2.66. The molecule has 4 nitrogen and oxygen atoms in total. The molecule has 1 heterocycles. The number of aromatic nitrogens is 1. The van der Waals surface area contributed by atoms with Gasteiger partial charge in [0.25, 0.3) is 0 Å². The fourth-order valence-corrected chi connectivity index (χ4v) is 1.60. The summed E-state index contributed by atoms with van der Waals surface area (Å²) in [6, 6.07) is 5.33. The number of nitrogens with one attached hydrogen (secondary N) is 1. The van der Waals surface area contributed by atoms with Crippen molar-refractivity contribution >= 4 is 11.7 Å². The van der Waals surface area contributed by atoms with E-state index in [4.69, 9.17) is 0 Å². The molecule has 0 bridgehead atoms. The van der Waals surface area contributed by atoms with E-state index in [2.05, 4.69) is 15.2 Å². The van der Waals surface area contributed by atoms with Crippen LogP contribution in [-0.2, 0) is 4.79 Å². The topological polar surface area (TPSA) is 45.2 Å². The first kappa shape index (κ1) is 12.6. The molecule has 0 saturated heterocycles. The summed E-state index contributed by atoms with van der Waals surface area (Å²) in [5, 5.41) is 2.80. The van der Waals surface area contributed by atoms with Crippen molar-refractivity contribution in [3.05, 3.63) is 24.4 Å². The lowest BCUT2D eigenvalue weighted by Gasteiger charge is -2.24. The van der Waals surface area contributed by atoms with E-state index in [0.29, 0.717) is 5.82 Å². The first-order valence-corrected chi connectivity index (χ1v) is 5.65. The van der Waals surface area contributed by atoms with Gasteiger partial charge in [-0.05, 0) is 32.1 Å². The Balaban J connectivity index is 2.58. The predicted octanol–water partition coefficient (Wildman–Crippen LogP) is 1.75. The highest BCUT2D eigenvalue weighted by Crippen LogP contribution is 2.04. The molecule has 16 heavy (non-hydrogen) atoms. The molecular formula is C12H19N3O. The maximum atomic E-state index is 11.9. The van der Waals surface area contributed by atoms with Crippen LogP contribution in [0.15, 0.2) is 24.4 Å². The highest BCUT2D eigenvalue weighted by Gasteiger charge is 2.18. The van der Waals surface area contributed by atoms with E-state index in [1.807, 2.05) is 32.9 Å². The van der Waals surface area contributed by atoms with Crippen LogP contribution in [0.5, 0.6) is 0 Å². The fraction of sp³-hybridized carbons (Fsp3) is 0.500. The second kappa shape index (κ2) is 6.23. The van der Waals surface area contributed by atoms with Gasteiger partial charge in [-0.2, -0.15) is 0 Å². The van der Waals surface area contributed by atoms with Crippen molar-refractivity contribution in [1.82, 2.24) is 9.88 Å². The number of carbonyl (C=O) groups is 1. The summed E-state index contributed by atoms with van der Waals surface area (Å²) in [6.45, 7) is 7.74. The molecule has 1 aromatic heterocycles. The Morgan fingerprint density at radius 2 is 2.12 bits per heavy atom. The Kier molecular flexibility index (Phi) is 4.92. The maximum absolute atomic E-state index is 11.9. The van der Waals surface area contributed by atoms with Gasteiger partial charge in [-0.15, -0.1) is 0 Å². The highest BCUT2D eigenvalue weighted by atomic mass is 16.2. The van der Waals surface area contributed by atoms with Gasteiger partial charge < -0.3 is 5.32 Å². The van der Waals surface area contributed by atoms with Crippen LogP contribution >= 0.6 is 0 Å². The standard InChI is InChI=1S/C12H19N3O/c1-4-15(5-2)10(3)12(16)14-11-8-6-7-9-13-11/h6-10H,4-5H2,1-3H3,(H,13,14,16). The van der Waals surface area contributed by atoms with Crippen LogP contribution in [0, 0.1) is 0 Å². The molecule has 0 aliphatic heterocycles. The zero-order valence-electron chi connectivity index (χ0n) is 10.1. The highest BCUT2D eigenvalue weighted by molar-refractivity contribution is 5.93. The third kappa shape index (κ3) is 3.31. The first-order chi connectivity index (χ1) is 7.69. The number of nitrogens with zero attached hydrogens (tertiary/aromatic N) is 2. The van der Waals surface area contributed by atoms with E-state index in [0.717, 1.165) is 13.1 Å². The van der Waals surface area contributed by atoms with Crippen LogP contribution in [-0.4, -0.2) is 34.9 Å². The van der Waals surface area contributed by atoms with Gasteiger partial charge >= 0.3 is 0 Å². The molecule has 0 aromatic carbocycles. The van der Waals surface area contributed by atoms with Crippen LogP contribution in [0.3, 0.4) is 0 Å². The number of rotatable bonds is 5. The maximum Gasteiger partial charge on any atom is 0.242 e. The molecule has 0 aliphatic rings. The number of pyridine rings is 1. The molecule has 0 radical (unpaired) electrons. The minimum absolute atomic E-state index is 0.0117. The van der Waals surface area contributed by atoms with Crippen LogP contribution in [0.1, 0.15) is 20.8 Å². The first-order valence-electron chi connectivity index (χ1n) is 5.65. The van der Waals surface area contributed by atoms with Gasteiger partial charge in [-0.1, -0.05) is 19.9 Å². The molecule has 0 spiro atoms. The average Bonchev–Trinajstić information content (AvgIpc) is 2.31. The van der Waals surface area contributed by atoms with Crippen molar-refractivity contribution in [3.63, 3.8) is 0 Å². The lowest BCUT2D eigenvalue weighted by atomic mass is 10.2. The molecule has 88 valence electrons. The molecule has 0 fully saturated rings. The smallest absolute Gasteiger partial charge is 0.242 e. The Morgan fingerprint density at radius 1 is 1.44 bits per heavy atom. The molecule has 1 amide bonds. The van der Waals surface area contributed by atoms with Crippen molar-refractivity contribution in [2.24, 2.45) is 0 Å². The quantitative estimate of drug-likeness (QED) is 0.824. The van der Waals surface area contributed by atoms with E-state index >= 15 is 0 Å². The summed E-state index contributed by atoms with van der Waals surface area (Å²) < 4.78 is 0. The lowest BCUT2D eigenvalue weighted by molar-refractivity contribution is -0.120. The number of amides is 1. The van der Waals surface area contributed by atoms with E-state index in [9.17, 15) is 4.79 Å². The summed E-state index contributed by atoms with van der Waals surface area (Å²) in [6.07, 6.45) is 1.66. The van der Waals surface area contributed by atoms with Crippen LogP contribution in [0.2, 0.25) is 0 Å². The van der Waals surface area contributed by atoms with Crippen LogP contribution in [0.4, 0.5) is 5.82 Å². The average molecular weight is 221 g/mol. The summed E-state index contributed by atoms with van der Waals surface area (Å²) in [4.78, 5) is 18.0. The third-order valence-corrected chi connectivity index (χ3v) is 2.66. The van der Waals surface area contributed by atoms with Crippen LogP contribution in [0.25, 0.3) is 0 Å². The van der Waals surface area contributed by atoms with Crippen molar-refractivity contribution in [2.45, 2.75) is 26.8 Å². The minimum Gasteiger partial charge on any atom is -0.309 e. The molecule has 1 aromatic rings. The summed E-state index contributed by atoms with van der Waals surface area (Å²) >= 11 is 0. The van der Waals surface area contributed by atoms with Gasteiger partial charge in [0, 0.05) is 6.20 Å². The summed E-state index contributed by atoms with van der Waals surface area (Å²) in [7, 11) is 0. The molecule has 1 rings (SSSR count). The minimum atomic E-state index is -0.128. The number of hydrogen-bond acceptors (Lipinski definition) is 3. The van der Waals surface area contributed by atoms with E-state index in [1.165, 1.54) is 0 Å². The van der Waals surface area contributed by atoms with Gasteiger partial charge in [-0.25, -0.2) is 4.98 Å². The molecule has 0 saturated carbocycles. The zero-order valence-corrected chi connectivity index (χ0v) is 10.1. The zero-order chi connectivity index (χ0) is 12.0. The SMILES string of the molecule is CCN(CC)C(C)C(=O)Nc1ccccn1. The lowest BCUT2D eigenvalue weighted by Crippen LogP contribution is -2.41. The molecule has 1 atom stereocenters. The fourth-order valence-electron chi connectivity index (χ4n) is 1.60. The van der Waals surface area contributed by atoms with Gasteiger partial charge in [0.1, 0.15) is 5.82 Å². The van der Waals surface area contributed by atoms with Crippen molar-refractivity contribution in [3.8, 4) is 0 Å². The predicted molar refractivity (Wildman–Crippen MR) is 65.2 cm³/mol. The summed E-state index contributed by atoms with van der Waals surface area (Å²) in [5.41, 5.74) is 0. The van der Waals surface area contributed by atoms with Crippen molar-refractivity contribution in [2.75, 3.05) is 18.4 Å². The molecule has 1 unspecified atom stereocenters. The van der Waals surface area contributed by atoms with E-state index < -0.39 is 0 Å². The Labute approximate surface area is 96.7 Å². The number of carbonyl (C=O) groups excluding carboxylic acids is 1. The normalized spacial score (nSPS) is 12.5. The van der Waals surface area contributed by atoms with Crippen molar-refractivity contribution < 1.29 is 4.79 Å². The number of hydrogen-bond donors (Lipinski definition) is 1. The van der Waals surface area contributed by atoms with Crippen LogP contribution < -0.4 is 5.32 Å². The molecule has 4 heteroatoms. The molecule has 1 N–H and O–H groups in total. The van der Waals surface area contributed by atoms with E-state index in [1.54, 1.807) is 12.3 Å². The second-order valence-electron chi connectivity index (χ2n) is 3.60. The Bertz CT molecular complexity index is 322. The molecular weight excluding hydrogens is 202 g/mol. The Hall–Kier alpha value is -1.42. The monoisotopic (exact) mass is 221 g/mol. The van der Waals surface area contributed by atoms with Gasteiger partial charge in [0.05, 0.1) is 6.04 Å². The number of likely N-dealkylation sites (N-methyl/N-ethyl adjacent to an activating group) is 1. The van der Waals surface area contributed by atoms with Gasteiger partial charge in [0.2, 0.25) is 5.91 Å².